The normalized spacial score (nSPS) is 11.5. The van der Waals surface area contributed by atoms with Crippen LogP contribution in [-0.2, 0) is 11.4 Å². The average Bonchev–Trinajstić information content (AvgIpc) is 2.94. The maximum atomic E-state index is 12.3. The molecule has 0 saturated carbocycles. The number of ether oxygens (including phenoxy) is 3. The highest BCUT2D eigenvalue weighted by Crippen LogP contribution is 2.20. The average molecular weight is 495 g/mol. The molecule has 0 aliphatic carbocycles. The molecule has 0 heterocycles. The predicted octanol–water partition coefficient (Wildman–Crippen LogP) is 5.40. The van der Waals surface area contributed by atoms with Crippen molar-refractivity contribution in [2.24, 2.45) is 5.10 Å². The first kappa shape index (κ1) is 25.2. The van der Waals surface area contributed by atoms with Crippen molar-refractivity contribution < 1.29 is 23.8 Å². The van der Waals surface area contributed by atoms with E-state index in [-0.39, 0.29) is 0 Å². The molecule has 4 aromatic rings. The highest BCUT2D eigenvalue weighted by atomic mass is 16.5. The molecule has 1 atom stereocenters. The molecule has 0 bridgehead atoms. The van der Waals surface area contributed by atoms with Gasteiger partial charge in [0.05, 0.1) is 11.8 Å². The molecule has 7 nitrogen and oxygen atoms in total. The molecule has 1 amide bonds. The predicted molar refractivity (Wildman–Crippen MR) is 141 cm³/mol. The molecule has 4 rings (SSSR count). The molecule has 0 unspecified atom stereocenters. The minimum Gasteiger partial charge on any atom is -0.489 e. The zero-order valence-corrected chi connectivity index (χ0v) is 20.2. The number of benzene rings is 4. The quantitative estimate of drug-likeness (QED) is 0.138. The van der Waals surface area contributed by atoms with Gasteiger partial charge in [0.1, 0.15) is 23.9 Å². The smallest absolute Gasteiger partial charge is 0.343 e. The van der Waals surface area contributed by atoms with E-state index in [0.717, 1.165) is 11.1 Å². The first-order chi connectivity index (χ1) is 18.1. The summed E-state index contributed by atoms with van der Waals surface area (Å²) in [5, 5.41) is 3.98. The lowest BCUT2D eigenvalue weighted by Gasteiger charge is -2.13. The first-order valence-corrected chi connectivity index (χ1v) is 11.7. The van der Waals surface area contributed by atoms with Crippen molar-refractivity contribution in [2.45, 2.75) is 19.6 Å². The number of hydrogen-bond donors (Lipinski definition) is 1. The van der Waals surface area contributed by atoms with Crippen molar-refractivity contribution in [1.29, 1.82) is 0 Å². The summed E-state index contributed by atoms with van der Waals surface area (Å²) in [6.07, 6.45) is 0.736. The number of nitrogens with one attached hydrogen (secondary N) is 1. The molecular formula is C30H26N2O5. The van der Waals surface area contributed by atoms with Gasteiger partial charge in [-0.25, -0.2) is 10.2 Å². The summed E-state index contributed by atoms with van der Waals surface area (Å²) in [4.78, 5) is 24.5. The van der Waals surface area contributed by atoms with Gasteiger partial charge < -0.3 is 14.2 Å². The SMILES string of the molecule is C[C@H](Oc1ccc(OCc2ccccc2)cc1)C(=O)N/N=C\c1ccc(OC(=O)c2ccccc2)cc1. The molecule has 0 saturated heterocycles. The Hall–Kier alpha value is -4.91. The van der Waals surface area contributed by atoms with E-state index in [2.05, 4.69) is 10.5 Å². The molecule has 0 spiro atoms. The molecule has 7 heteroatoms. The van der Waals surface area contributed by atoms with Crippen molar-refractivity contribution in [3.05, 3.63) is 126 Å². The van der Waals surface area contributed by atoms with Gasteiger partial charge in [0.2, 0.25) is 0 Å². The Morgan fingerprint density at radius 3 is 2.05 bits per heavy atom. The maximum Gasteiger partial charge on any atom is 0.343 e. The van der Waals surface area contributed by atoms with Crippen LogP contribution in [0.3, 0.4) is 0 Å². The third-order valence-electron chi connectivity index (χ3n) is 5.24. The van der Waals surface area contributed by atoms with E-state index in [0.29, 0.717) is 29.4 Å². The second-order valence-electron chi connectivity index (χ2n) is 8.06. The van der Waals surface area contributed by atoms with Crippen LogP contribution in [0.15, 0.2) is 114 Å². The molecule has 186 valence electrons. The fourth-order valence-electron chi connectivity index (χ4n) is 3.24. The summed E-state index contributed by atoms with van der Waals surface area (Å²) in [5.41, 5.74) is 4.74. The Morgan fingerprint density at radius 2 is 1.38 bits per heavy atom. The summed E-state index contributed by atoms with van der Waals surface area (Å²) in [6.45, 7) is 2.11. The van der Waals surface area contributed by atoms with E-state index in [9.17, 15) is 9.59 Å². The third kappa shape index (κ3) is 7.80. The Labute approximate surface area is 215 Å². The van der Waals surface area contributed by atoms with Crippen LogP contribution in [0, 0.1) is 0 Å². The van der Waals surface area contributed by atoms with Crippen LogP contribution >= 0.6 is 0 Å². The Morgan fingerprint density at radius 1 is 0.784 bits per heavy atom. The summed E-state index contributed by atoms with van der Waals surface area (Å²) >= 11 is 0. The van der Waals surface area contributed by atoms with Crippen LogP contribution in [-0.4, -0.2) is 24.2 Å². The fourth-order valence-corrected chi connectivity index (χ4v) is 3.24. The second-order valence-corrected chi connectivity index (χ2v) is 8.06. The summed E-state index contributed by atoms with van der Waals surface area (Å²) in [7, 11) is 0. The van der Waals surface area contributed by atoms with Crippen LogP contribution in [0.4, 0.5) is 0 Å². The van der Waals surface area contributed by atoms with Gasteiger partial charge in [0, 0.05) is 0 Å². The number of esters is 1. The lowest BCUT2D eigenvalue weighted by atomic mass is 10.2. The Balaban J connectivity index is 1.21. The van der Waals surface area contributed by atoms with Crippen molar-refractivity contribution in [3.8, 4) is 17.2 Å². The number of amides is 1. The maximum absolute atomic E-state index is 12.3. The van der Waals surface area contributed by atoms with Gasteiger partial charge in [-0.15, -0.1) is 0 Å². The first-order valence-electron chi connectivity index (χ1n) is 11.7. The summed E-state index contributed by atoms with van der Waals surface area (Å²) in [6, 6.07) is 32.5. The van der Waals surface area contributed by atoms with Gasteiger partial charge in [-0.05, 0) is 78.7 Å². The fraction of sp³-hybridized carbons (Fsp3) is 0.100. The van der Waals surface area contributed by atoms with Crippen molar-refractivity contribution in [3.63, 3.8) is 0 Å². The summed E-state index contributed by atoms with van der Waals surface area (Å²) < 4.78 is 16.8. The Kier molecular flexibility index (Phi) is 8.64. The number of carbonyl (C=O) groups excluding carboxylic acids is 2. The molecule has 1 N–H and O–H groups in total. The van der Waals surface area contributed by atoms with Crippen LogP contribution in [0.1, 0.15) is 28.4 Å². The lowest BCUT2D eigenvalue weighted by molar-refractivity contribution is -0.127. The van der Waals surface area contributed by atoms with Crippen molar-refractivity contribution >= 4 is 18.1 Å². The zero-order chi connectivity index (χ0) is 25.9. The van der Waals surface area contributed by atoms with Gasteiger partial charge in [-0.3, -0.25) is 4.79 Å². The number of carbonyl (C=O) groups is 2. The van der Waals surface area contributed by atoms with Gasteiger partial charge in [0.15, 0.2) is 6.10 Å². The highest BCUT2D eigenvalue weighted by Gasteiger charge is 2.14. The summed E-state index contributed by atoms with van der Waals surface area (Å²) in [5.74, 6) is 0.832. The molecule has 0 aliphatic heterocycles. The van der Waals surface area contributed by atoms with Crippen molar-refractivity contribution in [1.82, 2.24) is 5.43 Å². The Bertz CT molecular complexity index is 1320. The lowest BCUT2D eigenvalue weighted by Crippen LogP contribution is -2.33. The van der Waals surface area contributed by atoms with Gasteiger partial charge in [-0.2, -0.15) is 5.10 Å². The third-order valence-corrected chi connectivity index (χ3v) is 5.24. The standard InChI is InChI=1S/C30H26N2O5/c1-22(36-27-18-16-26(17-19-27)35-21-24-8-4-2-5-9-24)29(33)32-31-20-23-12-14-28(15-13-23)37-30(34)25-10-6-3-7-11-25/h2-20,22H,21H2,1H3,(H,32,33)/b31-20-/t22-/m0/s1. The van der Waals surface area contributed by atoms with Crippen LogP contribution in [0.2, 0.25) is 0 Å². The molecule has 0 aliphatic rings. The molecule has 0 aromatic heterocycles. The van der Waals surface area contributed by atoms with E-state index < -0.39 is 18.0 Å². The van der Waals surface area contributed by atoms with Gasteiger partial charge in [-0.1, -0.05) is 48.5 Å². The monoisotopic (exact) mass is 494 g/mol. The molecular weight excluding hydrogens is 468 g/mol. The molecule has 4 aromatic carbocycles. The van der Waals surface area contributed by atoms with E-state index in [4.69, 9.17) is 14.2 Å². The van der Waals surface area contributed by atoms with Crippen LogP contribution in [0.25, 0.3) is 0 Å². The largest absolute Gasteiger partial charge is 0.489 e. The van der Waals surface area contributed by atoms with Crippen molar-refractivity contribution in [2.75, 3.05) is 0 Å². The zero-order valence-electron chi connectivity index (χ0n) is 20.2. The second kappa shape index (κ2) is 12.7. The minimum absolute atomic E-state index is 0.394. The number of hydrogen-bond acceptors (Lipinski definition) is 6. The van der Waals surface area contributed by atoms with E-state index in [1.54, 1.807) is 79.7 Å². The molecule has 0 radical (unpaired) electrons. The highest BCUT2D eigenvalue weighted by molar-refractivity contribution is 5.91. The number of hydrazone groups is 1. The van der Waals surface area contributed by atoms with Crippen LogP contribution in [0.5, 0.6) is 17.2 Å². The van der Waals surface area contributed by atoms with Crippen LogP contribution < -0.4 is 19.6 Å². The molecule has 37 heavy (non-hydrogen) atoms. The van der Waals surface area contributed by atoms with E-state index in [1.165, 1.54) is 6.21 Å². The number of rotatable bonds is 10. The van der Waals surface area contributed by atoms with Gasteiger partial charge >= 0.3 is 5.97 Å². The van der Waals surface area contributed by atoms with Gasteiger partial charge in [0.25, 0.3) is 5.91 Å². The topological polar surface area (TPSA) is 86.2 Å². The minimum atomic E-state index is -0.756. The van der Waals surface area contributed by atoms with E-state index in [1.807, 2.05) is 36.4 Å². The number of nitrogens with zero attached hydrogens (tertiary/aromatic N) is 1. The van der Waals surface area contributed by atoms with E-state index >= 15 is 0 Å². The molecule has 0 fully saturated rings.